The fourth-order valence-electron chi connectivity index (χ4n) is 2.67. The van der Waals surface area contributed by atoms with Gasteiger partial charge in [-0.15, -0.1) is 0 Å². The molecule has 0 fully saturated rings. The molecule has 0 saturated carbocycles. The Hall–Kier alpha value is -2.13. The number of carbonyl (C=O) groups excluding carboxylic acids is 1. The summed E-state index contributed by atoms with van der Waals surface area (Å²) >= 11 is 3.57. The first kappa shape index (κ1) is 24.1. The first-order valence-corrected chi connectivity index (χ1v) is 10.8. The lowest BCUT2D eigenvalue weighted by atomic mass is 10.2. The molecule has 8 heteroatoms. The molecule has 0 spiro atoms. The van der Waals surface area contributed by atoms with Crippen LogP contribution in [-0.2, 0) is 11.3 Å². The number of carbonyl (C=O) groups is 1. The molecule has 0 aliphatic heterocycles. The zero-order chi connectivity index (χ0) is 21.8. The molecule has 0 aliphatic carbocycles. The summed E-state index contributed by atoms with van der Waals surface area (Å²) in [7, 11) is 0. The predicted molar refractivity (Wildman–Crippen MR) is 122 cm³/mol. The third kappa shape index (κ3) is 8.31. The van der Waals surface area contributed by atoms with Gasteiger partial charge in [0, 0.05) is 36.3 Å². The van der Waals surface area contributed by atoms with E-state index in [1.807, 2.05) is 50.2 Å². The van der Waals surface area contributed by atoms with Gasteiger partial charge in [-0.2, -0.15) is 0 Å². The summed E-state index contributed by atoms with van der Waals surface area (Å²) in [6.07, 6.45) is 0. The lowest BCUT2D eigenvalue weighted by molar-refractivity contribution is -0.118. The van der Waals surface area contributed by atoms with Gasteiger partial charge in [0.15, 0.2) is 18.1 Å². The Kier molecular flexibility index (Phi) is 10.6. The zero-order valence-electron chi connectivity index (χ0n) is 17.5. The van der Waals surface area contributed by atoms with E-state index in [-0.39, 0.29) is 19.1 Å². The van der Waals surface area contributed by atoms with Gasteiger partial charge in [-0.25, -0.2) is 0 Å². The maximum absolute atomic E-state index is 12.2. The van der Waals surface area contributed by atoms with Crippen LogP contribution in [0, 0.1) is 6.92 Å². The van der Waals surface area contributed by atoms with Crippen LogP contribution >= 0.6 is 15.9 Å². The van der Waals surface area contributed by atoms with Crippen LogP contribution in [-0.4, -0.2) is 50.5 Å². The highest BCUT2D eigenvalue weighted by Gasteiger charge is 2.13. The van der Waals surface area contributed by atoms with Crippen LogP contribution in [0.1, 0.15) is 18.1 Å². The Balaban J connectivity index is 1.93. The molecule has 1 amide bonds. The minimum atomic E-state index is -0.237. The van der Waals surface area contributed by atoms with Crippen molar-refractivity contribution in [2.24, 2.45) is 0 Å². The van der Waals surface area contributed by atoms with Gasteiger partial charge in [-0.05, 0) is 43.7 Å². The summed E-state index contributed by atoms with van der Waals surface area (Å²) < 4.78 is 12.3. The summed E-state index contributed by atoms with van der Waals surface area (Å²) in [6.45, 7) is 7.18. The summed E-state index contributed by atoms with van der Waals surface area (Å²) in [5.74, 6) is 0.869. The van der Waals surface area contributed by atoms with Crippen molar-refractivity contribution in [1.29, 1.82) is 0 Å². The topological polar surface area (TPSA) is 91.8 Å². The van der Waals surface area contributed by atoms with E-state index >= 15 is 0 Å². The molecule has 0 radical (unpaired) electrons. The van der Waals surface area contributed by atoms with Crippen molar-refractivity contribution in [3.05, 3.63) is 52.0 Å². The highest BCUT2D eigenvalue weighted by molar-refractivity contribution is 9.10. The molecule has 30 heavy (non-hydrogen) atoms. The van der Waals surface area contributed by atoms with Crippen molar-refractivity contribution in [3.63, 3.8) is 0 Å². The molecule has 0 saturated heterocycles. The second-order valence-electron chi connectivity index (χ2n) is 6.68. The largest absolute Gasteiger partial charge is 0.490 e. The number of ether oxygens (including phenoxy) is 2. The number of aliphatic hydroxyl groups is 1. The van der Waals surface area contributed by atoms with Crippen LogP contribution in [0.25, 0.3) is 0 Å². The van der Waals surface area contributed by atoms with Crippen molar-refractivity contribution >= 4 is 27.5 Å². The zero-order valence-corrected chi connectivity index (χ0v) is 19.0. The molecule has 2 aromatic rings. The summed E-state index contributed by atoms with van der Waals surface area (Å²) in [5.41, 5.74) is 2.89. The van der Waals surface area contributed by atoms with E-state index in [0.717, 1.165) is 34.4 Å². The molecular weight excluding hydrogens is 450 g/mol. The number of aryl methyl sites for hydroxylation is 1. The fraction of sp³-hybridized carbons (Fsp3) is 0.409. The standard InChI is InChI=1S/C22H30BrN3O4/c1-3-29-20-12-17(14-25-9-8-24-10-11-27)19(23)13-21(20)30-15-22(28)26-18-6-4-16(2)5-7-18/h4-7,12-13,24-25,27H,3,8-11,14-15H2,1-2H3,(H,26,28). The van der Waals surface area contributed by atoms with Gasteiger partial charge in [-0.1, -0.05) is 33.6 Å². The van der Waals surface area contributed by atoms with Gasteiger partial charge in [0.25, 0.3) is 5.91 Å². The van der Waals surface area contributed by atoms with E-state index in [4.69, 9.17) is 14.6 Å². The monoisotopic (exact) mass is 479 g/mol. The van der Waals surface area contributed by atoms with E-state index in [0.29, 0.717) is 31.2 Å². The smallest absolute Gasteiger partial charge is 0.262 e. The highest BCUT2D eigenvalue weighted by atomic mass is 79.9. The van der Waals surface area contributed by atoms with E-state index in [2.05, 4.69) is 31.9 Å². The van der Waals surface area contributed by atoms with Crippen LogP contribution in [0.2, 0.25) is 0 Å². The van der Waals surface area contributed by atoms with Gasteiger partial charge in [-0.3, -0.25) is 4.79 Å². The molecule has 0 aromatic heterocycles. The lowest BCUT2D eigenvalue weighted by Gasteiger charge is -2.15. The number of benzene rings is 2. The number of aliphatic hydroxyl groups excluding tert-OH is 1. The normalized spacial score (nSPS) is 10.7. The Morgan fingerprint density at radius 1 is 1.03 bits per heavy atom. The maximum atomic E-state index is 12.2. The van der Waals surface area contributed by atoms with Gasteiger partial charge in [0.2, 0.25) is 0 Å². The van der Waals surface area contributed by atoms with Crippen LogP contribution < -0.4 is 25.4 Å². The molecule has 0 unspecified atom stereocenters. The molecule has 4 N–H and O–H groups in total. The van der Waals surface area contributed by atoms with E-state index in [1.165, 1.54) is 0 Å². The van der Waals surface area contributed by atoms with Crippen molar-refractivity contribution in [2.75, 3.05) is 44.8 Å². The fourth-order valence-corrected chi connectivity index (χ4v) is 3.14. The van der Waals surface area contributed by atoms with Gasteiger partial charge < -0.3 is 30.5 Å². The molecule has 7 nitrogen and oxygen atoms in total. The number of anilines is 1. The van der Waals surface area contributed by atoms with Gasteiger partial charge in [0.05, 0.1) is 13.2 Å². The van der Waals surface area contributed by atoms with E-state index in [1.54, 1.807) is 0 Å². The molecule has 0 atom stereocenters. The number of halogens is 1. The van der Waals surface area contributed by atoms with Crippen LogP contribution in [0.3, 0.4) is 0 Å². The van der Waals surface area contributed by atoms with Gasteiger partial charge >= 0.3 is 0 Å². The third-order valence-corrected chi connectivity index (χ3v) is 4.93. The van der Waals surface area contributed by atoms with Gasteiger partial charge in [0.1, 0.15) is 0 Å². The third-order valence-electron chi connectivity index (χ3n) is 4.19. The molecule has 2 aromatic carbocycles. The van der Waals surface area contributed by atoms with Crippen LogP contribution in [0.15, 0.2) is 40.9 Å². The second-order valence-corrected chi connectivity index (χ2v) is 7.53. The number of amides is 1. The van der Waals surface area contributed by atoms with Crippen LogP contribution in [0.5, 0.6) is 11.5 Å². The van der Waals surface area contributed by atoms with Crippen molar-refractivity contribution in [2.45, 2.75) is 20.4 Å². The average molecular weight is 480 g/mol. The number of rotatable bonds is 13. The number of hydrogen-bond donors (Lipinski definition) is 4. The molecule has 0 heterocycles. The Morgan fingerprint density at radius 2 is 1.73 bits per heavy atom. The average Bonchev–Trinajstić information content (AvgIpc) is 2.73. The summed E-state index contributed by atoms with van der Waals surface area (Å²) in [4.78, 5) is 12.2. The highest BCUT2D eigenvalue weighted by Crippen LogP contribution is 2.34. The molecule has 164 valence electrons. The first-order chi connectivity index (χ1) is 14.5. The van der Waals surface area contributed by atoms with Crippen molar-refractivity contribution in [1.82, 2.24) is 10.6 Å². The Bertz CT molecular complexity index is 800. The molecule has 2 rings (SSSR count). The number of hydrogen-bond acceptors (Lipinski definition) is 6. The molecule has 0 bridgehead atoms. The van der Waals surface area contributed by atoms with E-state index < -0.39 is 0 Å². The first-order valence-electron chi connectivity index (χ1n) is 10.00. The summed E-state index contributed by atoms with van der Waals surface area (Å²) in [6, 6.07) is 11.3. The van der Waals surface area contributed by atoms with E-state index in [9.17, 15) is 4.79 Å². The van der Waals surface area contributed by atoms with Crippen molar-refractivity contribution in [3.8, 4) is 11.5 Å². The Morgan fingerprint density at radius 3 is 2.43 bits per heavy atom. The minimum Gasteiger partial charge on any atom is -0.490 e. The minimum absolute atomic E-state index is 0.117. The Labute approximate surface area is 186 Å². The predicted octanol–water partition coefficient (Wildman–Crippen LogP) is 2.85. The maximum Gasteiger partial charge on any atom is 0.262 e. The second kappa shape index (κ2) is 13.2. The SMILES string of the molecule is CCOc1cc(CNCCNCCO)c(Br)cc1OCC(=O)Nc1ccc(C)cc1. The summed E-state index contributed by atoms with van der Waals surface area (Å²) in [5, 5.41) is 18.0. The molecule has 0 aliphatic rings. The quantitative estimate of drug-likeness (QED) is 0.330. The molecular formula is C22H30BrN3O4. The lowest BCUT2D eigenvalue weighted by Crippen LogP contribution is -2.28. The number of nitrogens with one attached hydrogen (secondary N) is 3. The van der Waals surface area contributed by atoms with Crippen LogP contribution in [0.4, 0.5) is 5.69 Å². The van der Waals surface area contributed by atoms with Crippen molar-refractivity contribution < 1.29 is 19.4 Å².